The highest BCUT2D eigenvalue weighted by atomic mass is 32.1. The summed E-state index contributed by atoms with van der Waals surface area (Å²) in [4.78, 5) is 6.05. The molecule has 0 saturated heterocycles. The van der Waals surface area contributed by atoms with Gasteiger partial charge < -0.3 is 10.6 Å². The summed E-state index contributed by atoms with van der Waals surface area (Å²) in [6, 6.07) is 4.28. The molecule has 102 valence electrons. The lowest BCUT2D eigenvalue weighted by atomic mass is 10.1. The second kappa shape index (κ2) is 8.97. The molecule has 1 heterocycles. The molecule has 0 fully saturated rings. The Morgan fingerprint density at radius 3 is 2.83 bits per heavy atom. The molecule has 1 unspecified atom stereocenters. The molecule has 1 aromatic rings. The molecule has 1 atom stereocenters. The van der Waals surface area contributed by atoms with Crippen LogP contribution in [0.25, 0.3) is 0 Å². The van der Waals surface area contributed by atoms with Crippen LogP contribution >= 0.6 is 11.3 Å². The van der Waals surface area contributed by atoms with Crippen LogP contribution < -0.4 is 10.6 Å². The van der Waals surface area contributed by atoms with Gasteiger partial charge in [-0.15, -0.1) is 11.3 Å². The molecule has 0 aliphatic rings. The van der Waals surface area contributed by atoms with Crippen molar-refractivity contribution in [1.29, 1.82) is 0 Å². The summed E-state index contributed by atoms with van der Waals surface area (Å²) < 4.78 is 0. The maximum absolute atomic E-state index is 4.64. The van der Waals surface area contributed by atoms with E-state index in [4.69, 9.17) is 0 Å². The van der Waals surface area contributed by atoms with E-state index < -0.39 is 0 Å². The molecule has 18 heavy (non-hydrogen) atoms. The van der Waals surface area contributed by atoms with Crippen molar-refractivity contribution in [3.63, 3.8) is 0 Å². The number of guanidine groups is 1. The number of nitrogens with one attached hydrogen (secondary N) is 2. The second-order valence-corrected chi connectivity index (χ2v) is 5.40. The zero-order chi connectivity index (χ0) is 13.2. The molecule has 2 N–H and O–H groups in total. The summed E-state index contributed by atoms with van der Waals surface area (Å²) in [5.74, 6) is 1.43. The van der Waals surface area contributed by atoms with Crippen LogP contribution in [0.1, 0.15) is 44.4 Å². The van der Waals surface area contributed by atoms with Gasteiger partial charge in [-0.3, -0.25) is 4.99 Å². The van der Waals surface area contributed by atoms with Crippen LogP contribution in [0.5, 0.6) is 0 Å². The van der Waals surface area contributed by atoms with Crippen molar-refractivity contribution in [2.45, 2.75) is 39.5 Å². The van der Waals surface area contributed by atoms with Gasteiger partial charge in [-0.25, -0.2) is 0 Å². The van der Waals surface area contributed by atoms with Crippen LogP contribution in [-0.4, -0.2) is 25.6 Å². The van der Waals surface area contributed by atoms with Crippen LogP contribution in [-0.2, 0) is 0 Å². The molecule has 3 nitrogen and oxygen atoms in total. The topological polar surface area (TPSA) is 36.4 Å². The van der Waals surface area contributed by atoms with Crippen molar-refractivity contribution in [3.05, 3.63) is 22.4 Å². The monoisotopic (exact) mass is 267 g/mol. The Kier molecular flexibility index (Phi) is 7.49. The van der Waals surface area contributed by atoms with Gasteiger partial charge in [0.15, 0.2) is 5.96 Å². The predicted octanol–water partition coefficient (Wildman–Crippen LogP) is 3.21. The minimum Gasteiger partial charge on any atom is -0.357 e. The minimum absolute atomic E-state index is 0.492. The summed E-state index contributed by atoms with van der Waals surface area (Å²) in [6.07, 6.45) is 2.39. The lowest BCUT2D eigenvalue weighted by Gasteiger charge is -2.12. The first-order chi connectivity index (χ1) is 8.77. The fourth-order valence-corrected chi connectivity index (χ4v) is 2.39. The molecule has 0 spiro atoms. The standard InChI is InChI=1S/C14H25N3S/c1-4-6-9-16-14(15-5-2)17-11-12(3)13-8-7-10-18-13/h7-8,10,12H,4-6,9,11H2,1-3H3,(H2,15,16,17). The van der Waals surface area contributed by atoms with Crippen LogP contribution in [0.15, 0.2) is 22.5 Å². The Labute approximate surface area is 115 Å². The van der Waals surface area contributed by atoms with Gasteiger partial charge in [-0.1, -0.05) is 26.3 Å². The number of hydrogen-bond donors (Lipinski definition) is 2. The molecule has 0 bridgehead atoms. The Hall–Kier alpha value is -1.03. The van der Waals surface area contributed by atoms with Crippen LogP contribution in [0, 0.1) is 0 Å². The van der Waals surface area contributed by atoms with Gasteiger partial charge in [0.2, 0.25) is 0 Å². The van der Waals surface area contributed by atoms with E-state index in [1.165, 1.54) is 17.7 Å². The van der Waals surface area contributed by atoms with E-state index >= 15 is 0 Å². The van der Waals surface area contributed by atoms with E-state index in [0.717, 1.165) is 25.6 Å². The number of unbranched alkanes of at least 4 members (excludes halogenated alkanes) is 1. The van der Waals surface area contributed by atoms with E-state index in [-0.39, 0.29) is 0 Å². The van der Waals surface area contributed by atoms with Gasteiger partial charge in [0.05, 0.1) is 6.54 Å². The summed E-state index contributed by atoms with van der Waals surface area (Å²) >= 11 is 1.81. The molecular formula is C14H25N3S. The van der Waals surface area contributed by atoms with Crippen LogP contribution in [0.3, 0.4) is 0 Å². The van der Waals surface area contributed by atoms with Crippen molar-refractivity contribution >= 4 is 17.3 Å². The highest BCUT2D eigenvalue weighted by molar-refractivity contribution is 7.10. The lowest BCUT2D eigenvalue weighted by molar-refractivity contribution is 0.719. The molecule has 0 amide bonds. The quantitative estimate of drug-likeness (QED) is 0.452. The number of hydrogen-bond acceptors (Lipinski definition) is 2. The number of aliphatic imine (C=N–C) groups is 1. The van der Waals surface area contributed by atoms with Gasteiger partial charge in [0.1, 0.15) is 0 Å². The lowest BCUT2D eigenvalue weighted by Crippen LogP contribution is -2.38. The van der Waals surface area contributed by atoms with Crippen molar-refractivity contribution in [3.8, 4) is 0 Å². The third-order valence-corrected chi connectivity index (χ3v) is 3.82. The second-order valence-electron chi connectivity index (χ2n) is 4.42. The molecule has 0 radical (unpaired) electrons. The summed E-state index contributed by atoms with van der Waals surface area (Å²) in [5.41, 5.74) is 0. The van der Waals surface area contributed by atoms with Crippen molar-refractivity contribution in [1.82, 2.24) is 10.6 Å². The van der Waals surface area contributed by atoms with Crippen molar-refractivity contribution in [2.24, 2.45) is 4.99 Å². The smallest absolute Gasteiger partial charge is 0.191 e. The van der Waals surface area contributed by atoms with Crippen LogP contribution in [0.4, 0.5) is 0 Å². The largest absolute Gasteiger partial charge is 0.357 e. The Balaban J connectivity index is 2.43. The molecular weight excluding hydrogens is 242 g/mol. The molecule has 0 aliphatic carbocycles. The van der Waals surface area contributed by atoms with Gasteiger partial charge in [-0.05, 0) is 24.8 Å². The molecule has 1 aromatic heterocycles. The third-order valence-electron chi connectivity index (χ3n) is 2.72. The average Bonchev–Trinajstić information content (AvgIpc) is 2.89. The first-order valence-electron chi connectivity index (χ1n) is 6.83. The van der Waals surface area contributed by atoms with Gasteiger partial charge >= 0.3 is 0 Å². The predicted molar refractivity (Wildman–Crippen MR) is 81.6 cm³/mol. The molecule has 4 heteroatoms. The van der Waals surface area contributed by atoms with E-state index in [9.17, 15) is 0 Å². The Morgan fingerprint density at radius 2 is 2.22 bits per heavy atom. The zero-order valence-electron chi connectivity index (χ0n) is 11.7. The summed E-state index contributed by atoms with van der Waals surface area (Å²) in [6.45, 7) is 9.26. The number of nitrogens with zero attached hydrogens (tertiary/aromatic N) is 1. The zero-order valence-corrected chi connectivity index (χ0v) is 12.5. The van der Waals surface area contributed by atoms with E-state index in [1.54, 1.807) is 0 Å². The first-order valence-corrected chi connectivity index (χ1v) is 7.71. The number of rotatable bonds is 7. The fraction of sp³-hybridized carbons (Fsp3) is 0.643. The first kappa shape index (κ1) is 15.0. The molecule has 0 saturated carbocycles. The highest BCUT2D eigenvalue weighted by Gasteiger charge is 2.06. The summed E-state index contributed by atoms with van der Waals surface area (Å²) in [5, 5.41) is 8.77. The van der Waals surface area contributed by atoms with E-state index in [1.807, 2.05) is 11.3 Å². The van der Waals surface area contributed by atoms with Gasteiger partial charge in [0.25, 0.3) is 0 Å². The molecule has 1 rings (SSSR count). The SMILES string of the molecule is CCCCNC(=NCC(C)c1cccs1)NCC. The van der Waals surface area contributed by atoms with E-state index in [2.05, 4.69) is 53.9 Å². The Bertz CT molecular complexity index is 333. The maximum atomic E-state index is 4.64. The fourth-order valence-electron chi connectivity index (χ4n) is 1.62. The Morgan fingerprint density at radius 1 is 1.39 bits per heavy atom. The number of thiophene rings is 1. The third kappa shape index (κ3) is 5.54. The van der Waals surface area contributed by atoms with E-state index in [0.29, 0.717) is 5.92 Å². The normalized spacial score (nSPS) is 13.4. The van der Waals surface area contributed by atoms with Crippen molar-refractivity contribution in [2.75, 3.05) is 19.6 Å². The molecule has 0 aliphatic heterocycles. The average molecular weight is 267 g/mol. The molecule has 0 aromatic carbocycles. The van der Waals surface area contributed by atoms with Gasteiger partial charge in [0, 0.05) is 23.9 Å². The minimum atomic E-state index is 0.492. The maximum Gasteiger partial charge on any atom is 0.191 e. The van der Waals surface area contributed by atoms with Gasteiger partial charge in [-0.2, -0.15) is 0 Å². The van der Waals surface area contributed by atoms with Crippen molar-refractivity contribution < 1.29 is 0 Å². The summed E-state index contributed by atoms with van der Waals surface area (Å²) in [7, 11) is 0. The highest BCUT2D eigenvalue weighted by Crippen LogP contribution is 2.20. The van der Waals surface area contributed by atoms with Crippen LogP contribution in [0.2, 0.25) is 0 Å².